The van der Waals surface area contributed by atoms with Gasteiger partial charge in [-0.15, -0.1) is 10.2 Å². The molecule has 1 aliphatic rings. The molecular formula is C15H22N6. The van der Waals surface area contributed by atoms with E-state index in [0.717, 1.165) is 49.0 Å². The minimum atomic E-state index is 0.495. The predicted molar refractivity (Wildman–Crippen MR) is 82.8 cm³/mol. The Labute approximate surface area is 125 Å². The van der Waals surface area contributed by atoms with E-state index in [1.165, 1.54) is 0 Å². The van der Waals surface area contributed by atoms with Crippen LogP contribution in [0.25, 0.3) is 5.82 Å². The first-order valence-electron chi connectivity index (χ1n) is 7.44. The van der Waals surface area contributed by atoms with Crippen molar-refractivity contribution < 1.29 is 0 Å². The van der Waals surface area contributed by atoms with E-state index in [4.69, 9.17) is 0 Å². The third-order valence-electron chi connectivity index (χ3n) is 3.95. The second kappa shape index (κ2) is 5.81. The van der Waals surface area contributed by atoms with Crippen LogP contribution in [0.3, 0.4) is 0 Å². The summed E-state index contributed by atoms with van der Waals surface area (Å²) in [6.07, 6.45) is 2.30. The molecule has 1 N–H and O–H groups in total. The van der Waals surface area contributed by atoms with Crippen LogP contribution in [0.4, 0.5) is 5.82 Å². The zero-order valence-electron chi connectivity index (χ0n) is 12.9. The molecule has 1 fully saturated rings. The SMILES string of the molecule is Cc1cc(C)n(-c2ccc(NC3CCN(C)CC3)nn2)n1. The van der Waals surface area contributed by atoms with E-state index in [9.17, 15) is 0 Å². The molecule has 0 spiro atoms. The van der Waals surface area contributed by atoms with Gasteiger partial charge in [0.1, 0.15) is 5.82 Å². The first-order valence-corrected chi connectivity index (χ1v) is 7.44. The van der Waals surface area contributed by atoms with E-state index in [0.29, 0.717) is 6.04 Å². The van der Waals surface area contributed by atoms with Crippen molar-refractivity contribution in [3.05, 3.63) is 29.6 Å². The van der Waals surface area contributed by atoms with Crippen molar-refractivity contribution in [3.63, 3.8) is 0 Å². The first kappa shape index (κ1) is 14.0. The molecule has 0 aliphatic carbocycles. The molecule has 0 radical (unpaired) electrons. The number of nitrogens with zero attached hydrogens (tertiary/aromatic N) is 5. The molecule has 0 amide bonds. The Morgan fingerprint density at radius 3 is 2.48 bits per heavy atom. The van der Waals surface area contributed by atoms with E-state index in [1.807, 2.05) is 36.7 Å². The smallest absolute Gasteiger partial charge is 0.176 e. The van der Waals surface area contributed by atoms with E-state index >= 15 is 0 Å². The Morgan fingerprint density at radius 2 is 1.90 bits per heavy atom. The van der Waals surface area contributed by atoms with Gasteiger partial charge in [0.05, 0.1) is 5.69 Å². The third-order valence-corrected chi connectivity index (χ3v) is 3.95. The van der Waals surface area contributed by atoms with Crippen molar-refractivity contribution in [1.82, 2.24) is 24.9 Å². The minimum Gasteiger partial charge on any atom is -0.366 e. The zero-order chi connectivity index (χ0) is 14.8. The van der Waals surface area contributed by atoms with Crippen LogP contribution in [0.5, 0.6) is 0 Å². The normalized spacial score (nSPS) is 17.1. The average Bonchev–Trinajstić information content (AvgIpc) is 2.81. The number of likely N-dealkylation sites (tertiary alicyclic amines) is 1. The average molecular weight is 286 g/mol. The molecule has 112 valence electrons. The van der Waals surface area contributed by atoms with Crippen molar-refractivity contribution in [2.45, 2.75) is 32.7 Å². The van der Waals surface area contributed by atoms with Gasteiger partial charge in [0.15, 0.2) is 5.82 Å². The second-order valence-electron chi connectivity index (χ2n) is 5.84. The quantitative estimate of drug-likeness (QED) is 0.932. The highest BCUT2D eigenvalue weighted by atomic mass is 15.4. The Morgan fingerprint density at radius 1 is 1.14 bits per heavy atom. The van der Waals surface area contributed by atoms with Gasteiger partial charge in [0.25, 0.3) is 0 Å². The van der Waals surface area contributed by atoms with Crippen LogP contribution in [0.15, 0.2) is 18.2 Å². The Kier molecular flexibility index (Phi) is 3.88. The maximum absolute atomic E-state index is 4.42. The molecular weight excluding hydrogens is 264 g/mol. The summed E-state index contributed by atoms with van der Waals surface area (Å²) in [4.78, 5) is 2.36. The molecule has 3 rings (SSSR count). The number of hydrogen-bond donors (Lipinski definition) is 1. The molecule has 1 aliphatic heterocycles. The topological polar surface area (TPSA) is 58.9 Å². The molecule has 3 heterocycles. The van der Waals surface area contributed by atoms with Gasteiger partial charge in [0.2, 0.25) is 0 Å². The van der Waals surface area contributed by atoms with Crippen molar-refractivity contribution in [2.24, 2.45) is 0 Å². The Bertz CT molecular complexity index is 595. The van der Waals surface area contributed by atoms with E-state index in [1.54, 1.807) is 0 Å². The lowest BCUT2D eigenvalue weighted by Gasteiger charge is -2.29. The van der Waals surface area contributed by atoms with Crippen LogP contribution in [0, 0.1) is 13.8 Å². The van der Waals surface area contributed by atoms with Crippen molar-refractivity contribution in [3.8, 4) is 5.82 Å². The van der Waals surface area contributed by atoms with Gasteiger partial charge in [-0.2, -0.15) is 5.10 Å². The molecule has 2 aromatic heterocycles. The predicted octanol–water partition coefficient (Wildman–Crippen LogP) is 1.79. The summed E-state index contributed by atoms with van der Waals surface area (Å²) in [5.41, 5.74) is 2.06. The largest absolute Gasteiger partial charge is 0.366 e. The van der Waals surface area contributed by atoms with Crippen LogP contribution < -0.4 is 5.32 Å². The van der Waals surface area contributed by atoms with Crippen LogP contribution >= 0.6 is 0 Å². The lowest BCUT2D eigenvalue weighted by atomic mass is 10.1. The van der Waals surface area contributed by atoms with Gasteiger partial charge >= 0.3 is 0 Å². The van der Waals surface area contributed by atoms with Crippen molar-refractivity contribution >= 4 is 5.82 Å². The summed E-state index contributed by atoms with van der Waals surface area (Å²) < 4.78 is 1.82. The number of hydrogen-bond acceptors (Lipinski definition) is 5. The highest BCUT2D eigenvalue weighted by molar-refractivity contribution is 5.37. The Hall–Kier alpha value is -1.95. The summed E-state index contributed by atoms with van der Waals surface area (Å²) in [6, 6.07) is 6.47. The number of anilines is 1. The Balaban J connectivity index is 1.68. The fraction of sp³-hybridized carbons (Fsp3) is 0.533. The molecule has 21 heavy (non-hydrogen) atoms. The fourth-order valence-electron chi connectivity index (χ4n) is 2.74. The minimum absolute atomic E-state index is 0.495. The molecule has 0 aromatic carbocycles. The maximum atomic E-state index is 4.42. The number of aryl methyl sites for hydroxylation is 2. The number of aromatic nitrogens is 4. The van der Waals surface area contributed by atoms with Gasteiger partial charge < -0.3 is 10.2 Å². The summed E-state index contributed by atoms with van der Waals surface area (Å²) >= 11 is 0. The summed E-state index contributed by atoms with van der Waals surface area (Å²) in [5, 5.41) is 16.5. The zero-order valence-corrected chi connectivity index (χ0v) is 12.9. The van der Waals surface area contributed by atoms with Gasteiger partial charge in [-0.3, -0.25) is 0 Å². The third kappa shape index (κ3) is 3.21. The maximum Gasteiger partial charge on any atom is 0.176 e. The molecule has 0 atom stereocenters. The molecule has 0 unspecified atom stereocenters. The molecule has 0 bridgehead atoms. The van der Waals surface area contributed by atoms with E-state index in [2.05, 4.69) is 32.6 Å². The lowest BCUT2D eigenvalue weighted by Crippen LogP contribution is -2.36. The number of nitrogens with one attached hydrogen (secondary N) is 1. The van der Waals surface area contributed by atoms with Crippen molar-refractivity contribution in [1.29, 1.82) is 0 Å². The van der Waals surface area contributed by atoms with Gasteiger partial charge in [-0.25, -0.2) is 4.68 Å². The fourth-order valence-corrected chi connectivity index (χ4v) is 2.74. The highest BCUT2D eigenvalue weighted by Crippen LogP contribution is 2.15. The molecule has 2 aromatic rings. The first-order chi connectivity index (χ1) is 10.1. The van der Waals surface area contributed by atoms with Crippen LogP contribution in [-0.4, -0.2) is 51.1 Å². The standard InChI is InChI=1S/C15H22N6/c1-11-10-12(2)21(19-11)15-5-4-14(17-18-15)16-13-6-8-20(3)9-7-13/h4-5,10,13H,6-9H2,1-3H3,(H,16,17). The van der Waals surface area contributed by atoms with E-state index in [-0.39, 0.29) is 0 Å². The van der Waals surface area contributed by atoms with Gasteiger partial charge in [-0.1, -0.05) is 0 Å². The van der Waals surface area contributed by atoms with Crippen LogP contribution in [-0.2, 0) is 0 Å². The summed E-state index contributed by atoms with van der Waals surface area (Å²) in [7, 11) is 2.17. The highest BCUT2D eigenvalue weighted by Gasteiger charge is 2.16. The molecule has 0 saturated carbocycles. The lowest BCUT2D eigenvalue weighted by molar-refractivity contribution is 0.263. The number of rotatable bonds is 3. The van der Waals surface area contributed by atoms with Gasteiger partial charge in [0, 0.05) is 11.7 Å². The summed E-state index contributed by atoms with van der Waals surface area (Å²) in [6.45, 7) is 6.27. The summed E-state index contributed by atoms with van der Waals surface area (Å²) in [5.74, 6) is 1.60. The second-order valence-corrected chi connectivity index (χ2v) is 5.84. The monoisotopic (exact) mass is 286 g/mol. The van der Waals surface area contributed by atoms with E-state index < -0.39 is 0 Å². The molecule has 6 nitrogen and oxygen atoms in total. The molecule has 1 saturated heterocycles. The number of piperidine rings is 1. The van der Waals surface area contributed by atoms with Gasteiger partial charge in [-0.05, 0) is 65.0 Å². The van der Waals surface area contributed by atoms with Crippen LogP contribution in [0.2, 0.25) is 0 Å². The van der Waals surface area contributed by atoms with Crippen molar-refractivity contribution in [2.75, 3.05) is 25.5 Å². The van der Waals surface area contributed by atoms with Crippen LogP contribution in [0.1, 0.15) is 24.2 Å². The molecule has 6 heteroatoms.